The number of benzene rings is 1. The molecule has 1 amide bonds. The van der Waals surface area contributed by atoms with Gasteiger partial charge in [0.15, 0.2) is 11.5 Å². The number of hydrogen-bond donors (Lipinski definition) is 1. The van der Waals surface area contributed by atoms with Crippen LogP contribution in [0.1, 0.15) is 48.9 Å². The van der Waals surface area contributed by atoms with Crippen LogP contribution < -0.4 is 14.2 Å². The van der Waals surface area contributed by atoms with E-state index in [9.17, 15) is 13.2 Å². The van der Waals surface area contributed by atoms with E-state index in [0.717, 1.165) is 12.8 Å². The third-order valence-electron chi connectivity index (χ3n) is 5.87. The number of amides is 1. The Morgan fingerprint density at radius 3 is 2.48 bits per heavy atom. The molecule has 2 aliphatic rings. The molecule has 7 nitrogen and oxygen atoms in total. The zero-order valence-corrected chi connectivity index (χ0v) is 19.2. The lowest BCUT2D eigenvalue weighted by Crippen LogP contribution is -2.46. The number of carbonyl (C=O) groups is 1. The number of carbonyl (C=O) groups excluding carboxylic acids is 1. The first-order valence-electron chi connectivity index (χ1n) is 10.7. The molecule has 2 aromatic rings. The molecule has 0 bridgehead atoms. The number of piperidine rings is 1. The lowest BCUT2D eigenvalue weighted by atomic mass is 10.0. The van der Waals surface area contributed by atoms with Crippen molar-refractivity contribution in [2.45, 2.75) is 54.9 Å². The Labute approximate surface area is 187 Å². The van der Waals surface area contributed by atoms with Crippen LogP contribution in [0.2, 0.25) is 0 Å². The fraction of sp³-hybridized carbons (Fsp3) is 0.500. The zero-order valence-electron chi connectivity index (χ0n) is 17.6. The molecule has 2 heterocycles. The first kappa shape index (κ1) is 22.1. The van der Waals surface area contributed by atoms with E-state index in [0.29, 0.717) is 47.2 Å². The molecule has 1 aromatic carbocycles. The summed E-state index contributed by atoms with van der Waals surface area (Å²) in [5.41, 5.74) is 0.549. The Kier molecular flexibility index (Phi) is 6.83. The van der Waals surface area contributed by atoms with E-state index in [1.54, 1.807) is 41.7 Å². The Bertz CT molecular complexity index is 993. The summed E-state index contributed by atoms with van der Waals surface area (Å²) in [6.07, 6.45) is 5.84. The number of hydrogen-bond acceptors (Lipinski definition) is 6. The summed E-state index contributed by atoms with van der Waals surface area (Å²) in [7, 11) is -1.92. The number of nitrogens with zero attached hydrogens (tertiary/aromatic N) is 1. The third kappa shape index (κ3) is 5.22. The van der Waals surface area contributed by atoms with Crippen LogP contribution in [-0.4, -0.2) is 51.6 Å². The zero-order chi connectivity index (χ0) is 21.8. The predicted octanol–water partition coefficient (Wildman–Crippen LogP) is 3.66. The van der Waals surface area contributed by atoms with Crippen molar-refractivity contribution >= 4 is 27.3 Å². The van der Waals surface area contributed by atoms with Crippen LogP contribution in [0.3, 0.4) is 0 Å². The Morgan fingerprint density at radius 1 is 1.10 bits per heavy atom. The maximum Gasteiger partial charge on any atom is 0.253 e. The summed E-state index contributed by atoms with van der Waals surface area (Å²) in [5, 5.41) is 1.74. The summed E-state index contributed by atoms with van der Waals surface area (Å²) in [6.45, 7) is 0.998. The number of sulfonamides is 1. The lowest BCUT2D eigenvalue weighted by molar-refractivity contribution is 0.0711. The van der Waals surface area contributed by atoms with Crippen molar-refractivity contribution in [3.05, 3.63) is 41.3 Å². The van der Waals surface area contributed by atoms with Gasteiger partial charge >= 0.3 is 0 Å². The number of nitrogens with one attached hydrogen (secondary N) is 1. The Balaban J connectivity index is 1.36. The van der Waals surface area contributed by atoms with Crippen molar-refractivity contribution in [2.75, 3.05) is 20.2 Å². The van der Waals surface area contributed by atoms with E-state index in [2.05, 4.69) is 4.72 Å². The largest absolute Gasteiger partial charge is 0.493 e. The second-order valence-corrected chi connectivity index (χ2v) is 10.9. The number of likely N-dealkylation sites (tertiary alicyclic amines) is 1. The molecule has 1 aliphatic heterocycles. The molecule has 1 saturated heterocycles. The van der Waals surface area contributed by atoms with E-state index in [1.807, 2.05) is 6.07 Å². The van der Waals surface area contributed by atoms with Crippen LogP contribution in [0.4, 0.5) is 0 Å². The molecular weight excluding hydrogens is 436 g/mol. The van der Waals surface area contributed by atoms with Crippen LogP contribution in [-0.2, 0) is 10.0 Å². The van der Waals surface area contributed by atoms with Crippen molar-refractivity contribution in [3.63, 3.8) is 0 Å². The van der Waals surface area contributed by atoms with Gasteiger partial charge in [0, 0.05) is 24.7 Å². The molecule has 0 radical (unpaired) electrons. The van der Waals surface area contributed by atoms with Crippen molar-refractivity contribution in [2.24, 2.45) is 0 Å². The van der Waals surface area contributed by atoms with E-state index >= 15 is 0 Å². The van der Waals surface area contributed by atoms with Gasteiger partial charge in [0.1, 0.15) is 4.21 Å². The fourth-order valence-corrected chi connectivity index (χ4v) is 6.48. The maximum absolute atomic E-state index is 13.0. The van der Waals surface area contributed by atoms with Gasteiger partial charge in [-0.1, -0.05) is 6.07 Å². The van der Waals surface area contributed by atoms with Gasteiger partial charge in [-0.3, -0.25) is 4.79 Å². The monoisotopic (exact) mass is 464 g/mol. The van der Waals surface area contributed by atoms with E-state index in [-0.39, 0.29) is 18.1 Å². The first-order chi connectivity index (χ1) is 15.0. The van der Waals surface area contributed by atoms with Gasteiger partial charge in [-0.15, -0.1) is 11.3 Å². The van der Waals surface area contributed by atoms with Gasteiger partial charge in [0.2, 0.25) is 10.0 Å². The normalized spacial score (nSPS) is 18.3. The van der Waals surface area contributed by atoms with Gasteiger partial charge in [-0.05, 0) is 68.2 Å². The number of methoxy groups -OCH3 is 1. The van der Waals surface area contributed by atoms with Crippen LogP contribution in [0.5, 0.6) is 11.5 Å². The van der Waals surface area contributed by atoms with Crippen molar-refractivity contribution < 1.29 is 22.7 Å². The average molecular weight is 465 g/mol. The molecule has 9 heteroatoms. The van der Waals surface area contributed by atoms with Crippen molar-refractivity contribution in [1.29, 1.82) is 0 Å². The molecule has 2 fully saturated rings. The van der Waals surface area contributed by atoms with Gasteiger partial charge in [-0.2, -0.15) is 0 Å². The summed E-state index contributed by atoms with van der Waals surface area (Å²) in [6, 6.07) is 8.47. The quantitative estimate of drug-likeness (QED) is 0.676. The summed E-state index contributed by atoms with van der Waals surface area (Å²) in [4.78, 5) is 14.8. The van der Waals surface area contributed by atoms with Crippen LogP contribution >= 0.6 is 11.3 Å². The second-order valence-electron chi connectivity index (χ2n) is 8.01. The number of thiophene rings is 1. The van der Waals surface area contributed by atoms with Gasteiger partial charge < -0.3 is 14.4 Å². The van der Waals surface area contributed by atoms with Crippen LogP contribution in [0, 0.1) is 0 Å². The molecule has 168 valence electrons. The van der Waals surface area contributed by atoms with Gasteiger partial charge in [-0.25, -0.2) is 13.1 Å². The molecule has 31 heavy (non-hydrogen) atoms. The molecule has 4 rings (SSSR count). The summed E-state index contributed by atoms with van der Waals surface area (Å²) < 4.78 is 39.4. The maximum atomic E-state index is 13.0. The van der Waals surface area contributed by atoms with Crippen LogP contribution in [0.15, 0.2) is 39.9 Å². The molecule has 1 aromatic heterocycles. The number of ether oxygens (including phenoxy) is 2. The highest BCUT2D eigenvalue weighted by Crippen LogP contribution is 2.33. The lowest BCUT2D eigenvalue weighted by Gasteiger charge is -2.32. The highest BCUT2D eigenvalue weighted by molar-refractivity contribution is 7.91. The standard InChI is InChI=1S/C22H28N2O5S2/c1-28-20-15-16(8-9-19(20)29-18-5-2-3-6-18)22(25)24-12-10-17(11-13-24)23-31(26,27)21-7-4-14-30-21/h4,7-9,14-15,17-18,23H,2-3,5-6,10-13H2,1H3. The average Bonchev–Trinajstić information content (AvgIpc) is 3.48. The molecule has 0 unspecified atom stereocenters. The van der Waals surface area contributed by atoms with E-state index < -0.39 is 10.0 Å². The van der Waals surface area contributed by atoms with Crippen LogP contribution in [0.25, 0.3) is 0 Å². The Hall–Kier alpha value is -2.10. The molecule has 1 N–H and O–H groups in total. The minimum atomic E-state index is -3.50. The highest BCUT2D eigenvalue weighted by atomic mass is 32.2. The summed E-state index contributed by atoms with van der Waals surface area (Å²) in [5.74, 6) is 1.16. The Morgan fingerprint density at radius 2 is 1.84 bits per heavy atom. The smallest absolute Gasteiger partial charge is 0.253 e. The fourth-order valence-electron chi connectivity index (χ4n) is 4.16. The summed E-state index contributed by atoms with van der Waals surface area (Å²) >= 11 is 1.20. The van der Waals surface area contributed by atoms with Crippen molar-refractivity contribution in [3.8, 4) is 11.5 Å². The highest BCUT2D eigenvalue weighted by Gasteiger charge is 2.28. The van der Waals surface area contributed by atoms with Gasteiger partial charge in [0.25, 0.3) is 5.91 Å². The predicted molar refractivity (Wildman–Crippen MR) is 119 cm³/mol. The molecule has 0 atom stereocenters. The SMILES string of the molecule is COc1cc(C(=O)N2CCC(NS(=O)(=O)c3cccs3)CC2)ccc1OC1CCCC1. The minimum absolute atomic E-state index is 0.0784. The molecular formula is C22H28N2O5S2. The minimum Gasteiger partial charge on any atom is -0.493 e. The number of rotatable bonds is 7. The molecule has 1 saturated carbocycles. The van der Waals surface area contributed by atoms with Crippen molar-refractivity contribution in [1.82, 2.24) is 9.62 Å². The first-order valence-corrected chi connectivity index (χ1v) is 13.0. The topological polar surface area (TPSA) is 84.9 Å². The van der Waals surface area contributed by atoms with E-state index in [4.69, 9.17) is 9.47 Å². The van der Waals surface area contributed by atoms with E-state index in [1.165, 1.54) is 24.2 Å². The third-order valence-corrected chi connectivity index (χ3v) is 8.79. The molecule has 1 aliphatic carbocycles. The molecule has 0 spiro atoms. The second kappa shape index (κ2) is 9.58. The van der Waals surface area contributed by atoms with Gasteiger partial charge in [0.05, 0.1) is 13.2 Å².